The number of fused-ring (bicyclic) bond motifs is 1. The summed E-state index contributed by atoms with van der Waals surface area (Å²) in [5, 5.41) is 3.04. The van der Waals surface area contributed by atoms with Crippen molar-refractivity contribution in [3.05, 3.63) is 100 Å². The van der Waals surface area contributed by atoms with Crippen molar-refractivity contribution in [1.82, 2.24) is 4.90 Å². The van der Waals surface area contributed by atoms with Gasteiger partial charge in [0.2, 0.25) is 0 Å². The van der Waals surface area contributed by atoms with Gasteiger partial charge in [0, 0.05) is 37.1 Å². The topological polar surface area (TPSA) is 50.8 Å². The molecule has 39 heavy (non-hydrogen) atoms. The average Bonchev–Trinajstić information content (AvgIpc) is 3.16. The Morgan fingerprint density at radius 3 is 2.51 bits per heavy atom. The van der Waals surface area contributed by atoms with E-state index in [1.165, 1.54) is 23.8 Å². The van der Waals surface area contributed by atoms with E-state index < -0.39 is 11.6 Å². The van der Waals surface area contributed by atoms with Crippen molar-refractivity contribution in [3.63, 3.8) is 0 Å². The number of nitrogens with zero attached hydrogens (tertiary/aromatic N) is 1. The Morgan fingerprint density at radius 1 is 1.03 bits per heavy atom. The first-order valence-corrected chi connectivity index (χ1v) is 13.5. The zero-order valence-corrected chi connectivity index (χ0v) is 22.2. The van der Waals surface area contributed by atoms with E-state index in [0.29, 0.717) is 23.8 Å². The minimum absolute atomic E-state index is 0.107. The molecule has 1 amide bonds. The van der Waals surface area contributed by atoms with Crippen LogP contribution in [0, 0.1) is 11.6 Å². The quantitative estimate of drug-likeness (QED) is 0.359. The van der Waals surface area contributed by atoms with Crippen LogP contribution in [0.25, 0.3) is 6.08 Å². The summed E-state index contributed by atoms with van der Waals surface area (Å²) in [7, 11) is 2.15. The van der Waals surface area contributed by atoms with E-state index in [1.807, 2.05) is 30.3 Å². The molecule has 0 aromatic heterocycles. The first-order chi connectivity index (χ1) is 19.0. The van der Waals surface area contributed by atoms with E-state index in [-0.39, 0.29) is 18.1 Å². The van der Waals surface area contributed by atoms with Gasteiger partial charge in [-0.15, -0.1) is 0 Å². The Bertz CT molecular complexity index is 1310. The molecular formula is C32H34F2N2O3. The number of anilines is 1. The lowest BCUT2D eigenvalue weighted by Crippen LogP contribution is -2.36. The van der Waals surface area contributed by atoms with Crippen LogP contribution in [0.3, 0.4) is 0 Å². The van der Waals surface area contributed by atoms with Crippen molar-refractivity contribution >= 4 is 17.7 Å². The molecule has 1 heterocycles. The summed E-state index contributed by atoms with van der Waals surface area (Å²) in [4.78, 5) is 15.5. The molecule has 1 N–H and O–H groups in total. The highest BCUT2D eigenvalue weighted by molar-refractivity contribution is 6.07. The molecule has 1 aliphatic heterocycles. The lowest BCUT2D eigenvalue weighted by molar-refractivity contribution is -0.112. The third-order valence-electron chi connectivity index (χ3n) is 7.53. The van der Waals surface area contributed by atoms with Crippen molar-refractivity contribution in [1.29, 1.82) is 0 Å². The molecule has 0 bridgehead atoms. The van der Waals surface area contributed by atoms with Gasteiger partial charge in [-0.3, -0.25) is 9.69 Å². The maximum atomic E-state index is 14.0. The molecular weight excluding hydrogens is 498 g/mol. The molecule has 0 radical (unpaired) electrons. The summed E-state index contributed by atoms with van der Waals surface area (Å²) in [6, 6.07) is 17.9. The molecule has 1 fully saturated rings. The monoisotopic (exact) mass is 532 g/mol. The molecule has 7 heteroatoms. The number of carbonyl (C=O) groups excluding carboxylic acids is 1. The molecule has 1 aliphatic carbocycles. The van der Waals surface area contributed by atoms with Crippen LogP contribution >= 0.6 is 0 Å². The molecule has 0 saturated carbocycles. The van der Waals surface area contributed by atoms with Crippen molar-refractivity contribution in [3.8, 4) is 5.75 Å². The Morgan fingerprint density at radius 2 is 1.77 bits per heavy atom. The van der Waals surface area contributed by atoms with Crippen LogP contribution in [0.1, 0.15) is 47.9 Å². The summed E-state index contributed by atoms with van der Waals surface area (Å²) in [6.45, 7) is 2.29. The van der Waals surface area contributed by atoms with Crippen LogP contribution in [0.5, 0.6) is 5.75 Å². The fourth-order valence-corrected chi connectivity index (χ4v) is 5.21. The van der Waals surface area contributed by atoms with Gasteiger partial charge in [-0.1, -0.05) is 24.3 Å². The van der Waals surface area contributed by atoms with Crippen molar-refractivity contribution in [2.75, 3.05) is 25.6 Å². The van der Waals surface area contributed by atoms with Crippen LogP contribution < -0.4 is 10.1 Å². The van der Waals surface area contributed by atoms with E-state index in [4.69, 9.17) is 9.47 Å². The van der Waals surface area contributed by atoms with E-state index in [1.54, 1.807) is 6.07 Å². The zero-order chi connectivity index (χ0) is 27.2. The second-order valence-electron chi connectivity index (χ2n) is 10.3. The number of aryl methyl sites for hydroxylation is 1. The van der Waals surface area contributed by atoms with Crippen LogP contribution in [-0.2, 0) is 29.1 Å². The van der Waals surface area contributed by atoms with Gasteiger partial charge in [0.1, 0.15) is 24.0 Å². The second-order valence-corrected chi connectivity index (χ2v) is 10.3. The van der Waals surface area contributed by atoms with E-state index in [9.17, 15) is 13.6 Å². The lowest BCUT2D eigenvalue weighted by Gasteiger charge is -2.31. The Labute approximate surface area is 228 Å². The van der Waals surface area contributed by atoms with E-state index in [2.05, 4.69) is 29.4 Å². The standard InChI is InChI=1S/C32H34F2N2O3/c1-36(27-14-16-38-17-15-27)20-22-8-11-26(12-9-22)35-32(37)24-5-2-4-23-10-13-28(19-25(23)18-24)39-21-29-30(33)6-3-7-31(29)34/h3,6-13,18-19,27H,2,4-5,14-17,20-21H2,1H3,(H,35,37). The van der Waals surface area contributed by atoms with E-state index >= 15 is 0 Å². The highest BCUT2D eigenvalue weighted by Crippen LogP contribution is 2.28. The van der Waals surface area contributed by atoms with E-state index in [0.717, 1.165) is 62.3 Å². The first kappa shape index (κ1) is 27.0. The largest absolute Gasteiger partial charge is 0.489 e. The molecule has 0 spiro atoms. The number of benzene rings is 3. The predicted molar refractivity (Wildman–Crippen MR) is 148 cm³/mol. The number of carbonyl (C=O) groups is 1. The van der Waals surface area contributed by atoms with Crippen molar-refractivity contribution in [2.24, 2.45) is 0 Å². The highest BCUT2D eigenvalue weighted by atomic mass is 19.1. The second kappa shape index (κ2) is 12.5. The number of amides is 1. The number of hydrogen-bond donors (Lipinski definition) is 1. The highest BCUT2D eigenvalue weighted by Gasteiger charge is 2.19. The van der Waals surface area contributed by atoms with Gasteiger partial charge in [0.25, 0.3) is 5.91 Å². The van der Waals surface area contributed by atoms with Crippen molar-refractivity contribution in [2.45, 2.75) is 51.3 Å². The maximum absolute atomic E-state index is 14.0. The van der Waals surface area contributed by atoms with Gasteiger partial charge in [-0.05, 0) is 98.3 Å². The number of ether oxygens (including phenoxy) is 2. The molecule has 0 unspecified atom stereocenters. The fourth-order valence-electron chi connectivity index (χ4n) is 5.21. The van der Waals surface area contributed by atoms with Gasteiger partial charge in [-0.25, -0.2) is 8.78 Å². The summed E-state index contributed by atoms with van der Waals surface area (Å²) in [5.74, 6) is -0.906. The zero-order valence-electron chi connectivity index (χ0n) is 22.2. The Hall–Kier alpha value is -3.55. The molecule has 3 aromatic carbocycles. The summed E-state index contributed by atoms with van der Waals surface area (Å²) in [5.41, 5.74) is 4.54. The number of halogens is 2. The minimum atomic E-state index is -0.636. The van der Waals surface area contributed by atoms with Crippen LogP contribution in [0.15, 0.2) is 66.2 Å². The normalized spacial score (nSPS) is 15.8. The van der Waals surface area contributed by atoms with Gasteiger partial charge >= 0.3 is 0 Å². The predicted octanol–water partition coefficient (Wildman–Crippen LogP) is 6.51. The number of rotatable bonds is 8. The molecule has 1 saturated heterocycles. The summed E-state index contributed by atoms with van der Waals surface area (Å²) < 4.78 is 39.1. The van der Waals surface area contributed by atoms with Gasteiger partial charge in [-0.2, -0.15) is 0 Å². The van der Waals surface area contributed by atoms with Gasteiger partial charge in [0.15, 0.2) is 0 Å². The Balaban J connectivity index is 1.22. The first-order valence-electron chi connectivity index (χ1n) is 13.5. The van der Waals surface area contributed by atoms with Gasteiger partial charge in [0.05, 0.1) is 5.56 Å². The molecule has 0 atom stereocenters. The minimum Gasteiger partial charge on any atom is -0.489 e. The average molecular weight is 533 g/mol. The summed E-state index contributed by atoms with van der Waals surface area (Å²) in [6.07, 6.45) is 6.35. The Kier molecular flexibility index (Phi) is 8.69. The SMILES string of the molecule is CN(Cc1ccc(NC(=O)C2=Cc3cc(OCc4c(F)cccc4F)ccc3CCC2)cc1)C1CCOCC1. The summed E-state index contributed by atoms with van der Waals surface area (Å²) >= 11 is 0. The molecule has 204 valence electrons. The fraction of sp³-hybridized carbons (Fsp3) is 0.344. The lowest BCUT2D eigenvalue weighted by atomic mass is 10.0. The maximum Gasteiger partial charge on any atom is 0.251 e. The molecule has 3 aromatic rings. The van der Waals surface area contributed by atoms with Crippen molar-refractivity contribution < 1.29 is 23.0 Å². The number of nitrogens with one attached hydrogen (secondary N) is 1. The third kappa shape index (κ3) is 6.91. The smallest absolute Gasteiger partial charge is 0.251 e. The number of hydrogen-bond acceptors (Lipinski definition) is 4. The third-order valence-corrected chi connectivity index (χ3v) is 7.53. The van der Waals surface area contributed by atoms with Crippen LogP contribution in [0.4, 0.5) is 14.5 Å². The van der Waals surface area contributed by atoms with Crippen LogP contribution in [0.2, 0.25) is 0 Å². The molecule has 5 rings (SSSR count). The molecule has 2 aliphatic rings. The molecule has 5 nitrogen and oxygen atoms in total. The van der Waals surface area contributed by atoms with Crippen LogP contribution in [-0.4, -0.2) is 37.1 Å². The van der Waals surface area contributed by atoms with Gasteiger partial charge < -0.3 is 14.8 Å².